The molecule has 0 radical (unpaired) electrons. The summed E-state index contributed by atoms with van der Waals surface area (Å²) in [6.07, 6.45) is 13.1. The molecule has 2 unspecified atom stereocenters. The van der Waals surface area contributed by atoms with Crippen molar-refractivity contribution in [1.29, 1.82) is 0 Å². The molecule has 0 amide bonds. The molecule has 0 N–H and O–H groups in total. The van der Waals surface area contributed by atoms with E-state index in [1.54, 1.807) is 30.3 Å². The standard InChI is InChI=1S/C35H41F3O/c1-3-5-7-8-9-10-11-27-18-22-32(35(38)34(27)37)26-15-13-25(14-16-26)28-19-21-31(33(36)23-28)29-17-20-30(39-24-29)12-6-4-2/h4,13-16,18-19,21-23,29-30H,2-3,5-12,17,20,24H2,1H3. The molecule has 3 aromatic carbocycles. The van der Waals surface area contributed by atoms with Crippen molar-refractivity contribution in [2.75, 3.05) is 6.61 Å². The molecule has 0 bridgehead atoms. The molecule has 1 saturated heterocycles. The second kappa shape index (κ2) is 14.5. The first-order valence-corrected chi connectivity index (χ1v) is 14.6. The summed E-state index contributed by atoms with van der Waals surface area (Å²) in [5.41, 5.74) is 3.56. The van der Waals surface area contributed by atoms with Gasteiger partial charge in [-0.3, -0.25) is 0 Å². The van der Waals surface area contributed by atoms with Gasteiger partial charge in [-0.05, 0) is 72.4 Å². The number of benzene rings is 3. The highest BCUT2D eigenvalue weighted by Crippen LogP contribution is 2.34. The molecule has 4 heteroatoms. The molecule has 1 heterocycles. The zero-order valence-corrected chi connectivity index (χ0v) is 23.2. The molecule has 0 aromatic heterocycles. The minimum Gasteiger partial charge on any atom is -0.378 e. The Kier molecular flexibility index (Phi) is 10.8. The fraction of sp³-hybridized carbons (Fsp3) is 0.429. The predicted molar refractivity (Wildman–Crippen MR) is 155 cm³/mol. The molecular weight excluding hydrogens is 493 g/mol. The SMILES string of the molecule is C=CCCC1CCC(c2ccc(-c3ccc(-c4ccc(CCCCCCCC)c(F)c4F)cc3)cc2F)CO1. The van der Waals surface area contributed by atoms with E-state index in [1.165, 1.54) is 19.3 Å². The van der Waals surface area contributed by atoms with Crippen LogP contribution in [0.15, 0.2) is 67.3 Å². The van der Waals surface area contributed by atoms with E-state index in [9.17, 15) is 8.78 Å². The van der Waals surface area contributed by atoms with Crippen molar-refractivity contribution >= 4 is 0 Å². The van der Waals surface area contributed by atoms with Crippen molar-refractivity contribution in [2.24, 2.45) is 0 Å². The van der Waals surface area contributed by atoms with Gasteiger partial charge in [0.15, 0.2) is 11.6 Å². The van der Waals surface area contributed by atoms with E-state index >= 15 is 4.39 Å². The van der Waals surface area contributed by atoms with Crippen molar-refractivity contribution in [3.63, 3.8) is 0 Å². The van der Waals surface area contributed by atoms with Crippen LogP contribution in [-0.2, 0) is 11.2 Å². The molecule has 0 saturated carbocycles. The van der Waals surface area contributed by atoms with Gasteiger partial charge in [0.25, 0.3) is 0 Å². The molecular formula is C35H41F3O. The first kappa shape index (κ1) is 29.1. The van der Waals surface area contributed by atoms with E-state index in [0.29, 0.717) is 29.7 Å². The van der Waals surface area contributed by atoms with Crippen LogP contribution in [0.1, 0.15) is 88.2 Å². The lowest BCUT2D eigenvalue weighted by molar-refractivity contribution is -0.000784. The van der Waals surface area contributed by atoms with E-state index in [-0.39, 0.29) is 23.4 Å². The highest BCUT2D eigenvalue weighted by atomic mass is 19.2. The van der Waals surface area contributed by atoms with Crippen LogP contribution < -0.4 is 0 Å². The Morgan fingerprint density at radius 3 is 2.23 bits per heavy atom. The third-order valence-corrected chi connectivity index (χ3v) is 7.99. The molecule has 2 atom stereocenters. The number of ether oxygens (including phenoxy) is 1. The van der Waals surface area contributed by atoms with Gasteiger partial charge in [0.05, 0.1) is 12.7 Å². The largest absolute Gasteiger partial charge is 0.378 e. The number of hydrogen-bond donors (Lipinski definition) is 0. The van der Waals surface area contributed by atoms with E-state index in [4.69, 9.17) is 4.74 Å². The molecule has 3 aromatic rings. The van der Waals surface area contributed by atoms with E-state index in [1.807, 2.05) is 30.3 Å². The third-order valence-electron chi connectivity index (χ3n) is 7.99. The number of unbranched alkanes of at least 4 members (excludes halogenated alkanes) is 5. The van der Waals surface area contributed by atoms with Gasteiger partial charge in [-0.15, -0.1) is 6.58 Å². The summed E-state index contributed by atoms with van der Waals surface area (Å²) < 4.78 is 50.8. The van der Waals surface area contributed by atoms with Gasteiger partial charge in [0, 0.05) is 11.5 Å². The van der Waals surface area contributed by atoms with Gasteiger partial charge >= 0.3 is 0 Å². The van der Waals surface area contributed by atoms with Gasteiger partial charge < -0.3 is 4.74 Å². The maximum atomic E-state index is 15.1. The van der Waals surface area contributed by atoms with E-state index in [0.717, 1.165) is 56.1 Å². The first-order chi connectivity index (χ1) is 19.0. The summed E-state index contributed by atoms with van der Waals surface area (Å²) in [5, 5.41) is 0. The molecule has 1 nitrogen and oxygen atoms in total. The molecule has 1 fully saturated rings. The Balaban J connectivity index is 1.39. The highest BCUT2D eigenvalue weighted by Gasteiger charge is 2.25. The second-order valence-corrected chi connectivity index (χ2v) is 10.8. The monoisotopic (exact) mass is 534 g/mol. The Bertz CT molecular complexity index is 1210. The Labute approximate surface area is 232 Å². The van der Waals surface area contributed by atoms with Crippen LogP contribution >= 0.6 is 0 Å². The average Bonchev–Trinajstić information content (AvgIpc) is 2.96. The van der Waals surface area contributed by atoms with Gasteiger partial charge in [-0.1, -0.05) is 93.6 Å². The van der Waals surface area contributed by atoms with Gasteiger partial charge in [0.1, 0.15) is 5.82 Å². The summed E-state index contributed by atoms with van der Waals surface area (Å²) in [4.78, 5) is 0. The number of allylic oxidation sites excluding steroid dienone is 1. The minimum absolute atomic E-state index is 0.0586. The summed E-state index contributed by atoms with van der Waals surface area (Å²) >= 11 is 0. The fourth-order valence-electron chi connectivity index (χ4n) is 5.56. The molecule has 39 heavy (non-hydrogen) atoms. The number of halogens is 3. The molecule has 1 aliphatic heterocycles. The second-order valence-electron chi connectivity index (χ2n) is 10.8. The zero-order chi connectivity index (χ0) is 27.6. The molecule has 1 aliphatic rings. The third kappa shape index (κ3) is 7.63. The molecule has 0 spiro atoms. The van der Waals surface area contributed by atoms with Crippen LogP contribution in [0.5, 0.6) is 0 Å². The van der Waals surface area contributed by atoms with Gasteiger partial charge in [-0.2, -0.15) is 0 Å². The van der Waals surface area contributed by atoms with Crippen LogP contribution in [0.25, 0.3) is 22.3 Å². The zero-order valence-electron chi connectivity index (χ0n) is 23.2. The predicted octanol–water partition coefficient (Wildman–Crippen LogP) is 10.6. The quantitative estimate of drug-likeness (QED) is 0.157. The van der Waals surface area contributed by atoms with Crippen LogP contribution in [0, 0.1) is 17.5 Å². The molecule has 4 rings (SSSR count). The number of rotatable bonds is 13. The Morgan fingerprint density at radius 2 is 1.54 bits per heavy atom. The summed E-state index contributed by atoms with van der Waals surface area (Å²) in [5.74, 6) is -1.73. The number of hydrogen-bond acceptors (Lipinski definition) is 1. The summed E-state index contributed by atoms with van der Waals surface area (Å²) in [7, 11) is 0. The van der Waals surface area contributed by atoms with Crippen LogP contribution in [0.2, 0.25) is 0 Å². The van der Waals surface area contributed by atoms with Gasteiger partial charge in [0.2, 0.25) is 0 Å². The van der Waals surface area contributed by atoms with Crippen molar-refractivity contribution in [3.05, 3.63) is 95.8 Å². The van der Waals surface area contributed by atoms with Crippen molar-refractivity contribution in [2.45, 2.75) is 89.6 Å². The Morgan fingerprint density at radius 1 is 0.821 bits per heavy atom. The maximum absolute atomic E-state index is 15.1. The lowest BCUT2D eigenvalue weighted by Gasteiger charge is -2.29. The minimum atomic E-state index is -0.803. The smallest absolute Gasteiger partial charge is 0.166 e. The topological polar surface area (TPSA) is 9.23 Å². The lowest BCUT2D eigenvalue weighted by Crippen LogP contribution is -2.25. The van der Waals surface area contributed by atoms with Crippen LogP contribution in [-0.4, -0.2) is 12.7 Å². The average molecular weight is 535 g/mol. The van der Waals surface area contributed by atoms with Crippen LogP contribution in [0.3, 0.4) is 0 Å². The Hall–Kier alpha value is -2.85. The number of aryl methyl sites for hydroxylation is 1. The summed E-state index contributed by atoms with van der Waals surface area (Å²) in [6.45, 7) is 6.48. The van der Waals surface area contributed by atoms with Crippen LogP contribution in [0.4, 0.5) is 13.2 Å². The van der Waals surface area contributed by atoms with E-state index in [2.05, 4.69) is 13.5 Å². The fourth-order valence-corrected chi connectivity index (χ4v) is 5.56. The first-order valence-electron chi connectivity index (χ1n) is 14.6. The maximum Gasteiger partial charge on any atom is 0.166 e. The summed E-state index contributed by atoms with van der Waals surface area (Å²) in [6, 6.07) is 15.9. The lowest BCUT2D eigenvalue weighted by atomic mass is 9.89. The van der Waals surface area contributed by atoms with Crippen molar-refractivity contribution in [1.82, 2.24) is 0 Å². The highest BCUT2D eigenvalue weighted by molar-refractivity contribution is 5.71. The van der Waals surface area contributed by atoms with E-state index < -0.39 is 11.6 Å². The molecule has 208 valence electrons. The molecule has 0 aliphatic carbocycles. The normalized spacial score (nSPS) is 17.3. The van der Waals surface area contributed by atoms with Gasteiger partial charge in [-0.25, -0.2) is 13.2 Å². The van der Waals surface area contributed by atoms with Crippen molar-refractivity contribution < 1.29 is 17.9 Å². The van der Waals surface area contributed by atoms with Crippen molar-refractivity contribution in [3.8, 4) is 22.3 Å².